The van der Waals surface area contributed by atoms with Crippen molar-refractivity contribution < 1.29 is 14.3 Å². The molecule has 0 aromatic carbocycles. The second kappa shape index (κ2) is 10.3. The molecule has 0 unspecified atom stereocenters. The Kier molecular flexibility index (Phi) is 7.84. The van der Waals surface area contributed by atoms with Crippen LogP contribution in [0.4, 0.5) is 4.79 Å². The standard InChI is InChI=1S/C30H49NO3/c1-20(2)7-6-8-21(3)25-11-12-26-24-10-9-22-19-23(34-28(33)31-17-18-32)13-15-29(22,4)27(24)14-16-30(25,26)5/h9,18,20-21,23-27H,6-8,10-17,19H2,1-5H3,(H,31,33)/t21-,23+,24+,25-,26+,27+,29+,30-/m1/s1. The van der Waals surface area contributed by atoms with E-state index in [-0.39, 0.29) is 18.1 Å². The van der Waals surface area contributed by atoms with Crippen LogP contribution in [0.3, 0.4) is 0 Å². The topological polar surface area (TPSA) is 55.4 Å². The van der Waals surface area contributed by atoms with Crippen LogP contribution in [0.2, 0.25) is 0 Å². The van der Waals surface area contributed by atoms with Gasteiger partial charge in [-0.2, -0.15) is 0 Å². The second-order valence-corrected chi connectivity index (χ2v) is 13.1. The Morgan fingerprint density at radius 2 is 1.91 bits per heavy atom. The highest BCUT2D eigenvalue weighted by Crippen LogP contribution is 2.67. The van der Waals surface area contributed by atoms with Gasteiger partial charge in [0.1, 0.15) is 12.4 Å². The Balaban J connectivity index is 1.42. The average Bonchev–Trinajstić information content (AvgIpc) is 3.15. The first kappa shape index (κ1) is 25.8. The van der Waals surface area contributed by atoms with Gasteiger partial charge in [-0.25, -0.2) is 4.79 Å². The lowest BCUT2D eigenvalue weighted by Crippen LogP contribution is -2.51. The molecule has 1 amide bonds. The Labute approximate surface area is 208 Å². The third-order valence-corrected chi connectivity index (χ3v) is 10.9. The van der Waals surface area contributed by atoms with Crippen LogP contribution in [0.5, 0.6) is 0 Å². The number of fused-ring (bicyclic) bond motifs is 5. The van der Waals surface area contributed by atoms with E-state index < -0.39 is 6.09 Å². The number of allylic oxidation sites excluding steroid dienone is 1. The molecule has 4 aliphatic carbocycles. The molecular weight excluding hydrogens is 422 g/mol. The van der Waals surface area contributed by atoms with E-state index in [1.54, 1.807) is 0 Å². The molecule has 0 spiro atoms. The predicted molar refractivity (Wildman–Crippen MR) is 137 cm³/mol. The monoisotopic (exact) mass is 471 g/mol. The van der Waals surface area contributed by atoms with E-state index >= 15 is 0 Å². The number of aldehydes is 1. The number of amides is 1. The van der Waals surface area contributed by atoms with Crippen LogP contribution in [0.1, 0.15) is 105 Å². The van der Waals surface area contributed by atoms with Crippen LogP contribution in [-0.4, -0.2) is 25.0 Å². The first-order valence-corrected chi connectivity index (χ1v) is 14.3. The van der Waals surface area contributed by atoms with Crippen molar-refractivity contribution in [3.63, 3.8) is 0 Å². The molecule has 3 saturated carbocycles. The number of ether oxygens (including phenoxy) is 1. The van der Waals surface area contributed by atoms with E-state index in [9.17, 15) is 9.59 Å². The zero-order valence-corrected chi connectivity index (χ0v) is 22.4. The molecule has 0 aromatic heterocycles. The number of carbonyl (C=O) groups excluding carboxylic acids is 2. The minimum atomic E-state index is -0.456. The van der Waals surface area contributed by atoms with Crippen molar-refractivity contribution in [2.75, 3.05) is 6.54 Å². The molecule has 0 aliphatic heterocycles. The van der Waals surface area contributed by atoms with E-state index in [1.807, 2.05) is 0 Å². The van der Waals surface area contributed by atoms with Gasteiger partial charge in [0.05, 0.1) is 6.54 Å². The van der Waals surface area contributed by atoms with Crippen molar-refractivity contribution in [3.05, 3.63) is 11.6 Å². The number of hydrogen-bond acceptors (Lipinski definition) is 3. The molecule has 3 fully saturated rings. The van der Waals surface area contributed by atoms with Crippen LogP contribution in [0.15, 0.2) is 11.6 Å². The summed E-state index contributed by atoms with van der Waals surface area (Å²) in [5, 5.41) is 2.52. The molecule has 4 heteroatoms. The van der Waals surface area contributed by atoms with Gasteiger partial charge in [-0.05, 0) is 91.3 Å². The molecule has 192 valence electrons. The Morgan fingerprint density at radius 1 is 1.12 bits per heavy atom. The van der Waals surface area contributed by atoms with Crippen LogP contribution in [0.25, 0.3) is 0 Å². The van der Waals surface area contributed by atoms with Crippen molar-refractivity contribution in [3.8, 4) is 0 Å². The van der Waals surface area contributed by atoms with Gasteiger partial charge in [-0.15, -0.1) is 0 Å². The minimum Gasteiger partial charge on any atom is -0.446 e. The van der Waals surface area contributed by atoms with Crippen molar-refractivity contribution in [2.24, 2.45) is 46.3 Å². The van der Waals surface area contributed by atoms with Gasteiger partial charge in [0.2, 0.25) is 0 Å². The lowest BCUT2D eigenvalue weighted by Gasteiger charge is -2.58. The van der Waals surface area contributed by atoms with Crippen molar-refractivity contribution in [2.45, 2.75) is 111 Å². The summed E-state index contributed by atoms with van der Waals surface area (Å²) in [6.45, 7) is 12.5. The molecule has 0 heterocycles. The molecule has 4 nitrogen and oxygen atoms in total. The van der Waals surface area contributed by atoms with Gasteiger partial charge in [0.25, 0.3) is 0 Å². The number of carbonyl (C=O) groups is 2. The highest BCUT2D eigenvalue weighted by molar-refractivity contribution is 5.71. The summed E-state index contributed by atoms with van der Waals surface area (Å²) in [4.78, 5) is 22.5. The van der Waals surface area contributed by atoms with Gasteiger partial charge in [-0.3, -0.25) is 0 Å². The molecule has 0 radical (unpaired) electrons. The third-order valence-electron chi connectivity index (χ3n) is 10.9. The summed E-state index contributed by atoms with van der Waals surface area (Å²) < 4.78 is 5.65. The van der Waals surface area contributed by atoms with Crippen LogP contribution >= 0.6 is 0 Å². The van der Waals surface area contributed by atoms with E-state index in [2.05, 4.69) is 46.0 Å². The van der Waals surface area contributed by atoms with E-state index in [1.165, 1.54) is 56.9 Å². The fourth-order valence-corrected chi connectivity index (χ4v) is 9.07. The quantitative estimate of drug-likeness (QED) is 0.298. The number of rotatable bonds is 8. The Hall–Kier alpha value is -1.32. The van der Waals surface area contributed by atoms with Crippen LogP contribution in [0, 0.1) is 46.3 Å². The van der Waals surface area contributed by atoms with Crippen LogP contribution < -0.4 is 5.32 Å². The summed E-state index contributed by atoms with van der Waals surface area (Å²) in [7, 11) is 0. The lowest BCUT2D eigenvalue weighted by molar-refractivity contribution is -0.107. The van der Waals surface area contributed by atoms with Gasteiger partial charge in [0.15, 0.2) is 0 Å². The predicted octanol–water partition coefficient (Wildman–Crippen LogP) is 7.32. The van der Waals surface area contributed by atoms with Gasteiger partial charge in [0, 0.05) is 6.42 Å². The number of nitrogens with one attached hydrogen (secondary N) is 1. The van der Waals surface area contributed by atoms with Crippen LogP contribution in [-0.2, 0) is 9.53 Å². The highest BCUT2D eigenvalue weighted by atomic mass is 16.6. The molecule has 4 aliphatic rings. The van der Waals surface area contributed by atoms with Crippen molar-refractivity contribution in [1.82, 2.24) is 5.32 Å². The fourth-order valence-electron chi connectivity index (χ4n) is 9.07. The Morgan fingerprint density at radius 3 is 2.65 bits per heavy atom. The van der Waals surface area contributed by atoms with E-state index in [0.717, 1.165) is 54.8 Å². The molecule has 0 aromatic rings. The fraction of sp³-hybridized carbons (Fsp3) is 0.867. The molecule has 0 saturated heterocycles. The zero-order valence-electron chi connectivity index (χ0n) is 22.4. The highest BCUT2D eigenvalue weighted by Gasteiger charge is 2.59. The summed E-state index contributed by atoms with van der Waals surface area (Å²) in [5.74, 6) is 5.07. The Bertz CT molecular complexity index is 775. The van der Waals surface area contributed by atoms with E-state index in [0.29, 0.717) is 11.7 Å². The number of alkyl carbamates (subject to hydrolysis) is 1. The zero-order chi connectivity index (χ0) is 24.5. The molecule has 8 atom stereocenters. The maximum atomic E-state index is 12.0. The summed E-state index contributed by atoms with van der Waals surface area (Å²) in [6, 6.07) is 0. The van der Waals surface area contributed by atoms with E-state index in [4.69, 9.17) is 4.74 Å². The normalized spacial score (nSPS) is 39.9. The first-order valence-electron chi connectivity index (χ1n) is 14.3. The summed E-state index contributed by atoms with van der Waals surface area (Å²) >= 11 is 0. The van der Waals surface area contributed by atoms with Crippen molar-refractivity contribution in [1.29, 1.82) is 0 Å². The molecule has 0 bridgehead atoms. The molecular formula is C30H49NO3. The smallest absolute Gasteiger partial charge is 0.407 e. The lowest BCUT2D eigenvalue weighted by atomic mass is 9.47. The van der Waals surface area contributed by atoms with Gasteiger partial charge < -0.3 is 14.8 Å². The maximum Gasteiger partial charge on any atom is 0.407 e. The first-order chi connectivity index (χ1) is 16.2. The minimum absolute atomic E-state index is 0.0210. The molecule has 4 rings (SSSR count). The average molecular weight is 472 g/mol. The van der Waals surface area contributed by atoms with Crippen molar-refractivity contribution >= 4 is 12.4 Å². The molecule has 1 N–H and O–H groups in total. The molecule has 34 heavy (non-hydrogen) atoms. The SMILES string of the molecule is CC(C)CCC[C@@H](C)[C@H]1CC[C@H]2[C@@H]3CC=C4C[C@@H](OC(=O)NCC=O)CC[C@]4(C)[C@H]3CC[C@]12C. The second-order valence-electron chi connectivity index (χ2n) is 13.1. The third kappa shape index (κ3) is 4.85. The summed E-state index contributed by atoms with van der Waals surface area (Å²) in [6.07, 6.45) is 16.7. The number of hydrogen-bond donors (Lipinski definition) is 1. The largest absolute Gasteiger partial charge is 0.446 e. The van der Waals surface area contributed by atoms with Gasteiger partial charge in [-0.1, -0.05) is 65.5 Å². The van der Waals surface area contributed by atoms with Gasteiger partial charge >= 0.3 is 6.09 Å². The maximum absolute atomic E-state index is 12.0. The summed E-state index contributed by atoms with van der Waals surface area (Å²) in [5.41, 5.74) is 2.33.